The van der Waals surface area contributed by atoms with Crippen molar-refractivity contribution in [2.45, 2.75) is 4.90 Å². The van der Waals surface area contributed by atoms with Gasteiger partial charge >= 0.3 is 0 Å². The lowest BCUT2D eigenvalue weighted by molar-refractivity contribution is -0.111. The molecule has 0 bridgehead atoms. The number of para-hydroxylation sites is 1. The number of benzene rings is 1. The lowest BCUT2D eigenvalue weighted by Crippen LogP contribution is -2.17. The van der Waals surface area contributed by atoms with Gasteiger partial charge in [0.25, 0.3) is 5.91 Å². The summed E-state index contributed by atoms with van der Waals surface area (Å²) < 4.78 is 22.2. The standard InChI is InChI=1S/C9H8N2O3S/c1-2-9(12)11-7-5-3-4-6-8(7)15(10,13)14/h1,3-6H,(H,11,12)(H2,10,13,14). The summed E-state index contributed by atoms with van der Waals surface area (Å²) in [5.41, 5.74) is 0.0722. The zero-order valence-corrected chi connectivity index (χ0v) is 8.41. The highest BCUT2D eigenvalue weighted by molar-refractivity contribution is 7.89. The van der Waals surface area contributed by atoms with E-state index in [1.54, 1.807) is 12.0 Å². The zero-order chi connectivity index (χ0) is 11.5. The van der Waals surface area contributed by atoms with Crippen molar-refractivity contribution in [2.24, 2.45) is 5.14 Å². The maximum absolute atomic E-state index is 11.1. The second kappa shape index (κ2) is 4.13. The van der Waals surface area contributed by atoms with E-state index in [4.69, 9.17) is 11.6 Å². The Kier molecular flexibility index (Phi) is 3.09. The van der Waals surface area contributed by atoms with Crippen LogP contribution in [-0.4, -0.2) is 14.3 Å². The lowest BCUT2D eigenvalue weighted by Gasteiger charge is -2.06. The highest BCUT2D eigenvalue weighted by atomic mass is 32.2. The van der Waals surface area contributed by atoms with E-state index in [9.17, 15) is 13.2 Å². The first-order valence-electron chi connectivity index (χ1n) is 3.84. The number of carbonyl (C=O) groups excluding carboxylic acids is 1. The van der Waals surface area contributed by atoms with Crippen LogP contribution >= 0.6 is 0 Å². The molecule has 78 valence electrons. The number of nitrogens with two attached hydrogens (primary N) is 1. The third-order valence-electron chi connectivity index (χ3n) is 1.57. The van der Waals surface area contributed by atoms with Gasteiger partial charge in [-0.15, -0.1) is 6.42 Å². The number of carbonyl (C=O) groups is 1. The molecule has 0 atom stereocenters. The van der Waals surface area contributed by atoms with Gasteiger partial charge in [0.1, 0.15) is 4.90 Å². The molecule has 0 unspecified atom stereocenters. The predicted molar refractivity (Wildman–Crippen MR) is 55.3 cm³/mol. The Morgan fingerprint density at radius 1 is 1.40 bits per heavy atom. The van der Waals surface area contributed by atoms with Gasteiger partial charge in [-0.05, 0) is 18.1 Å². The molecule has 1 amide bonds. The molecule has 3 N–H and O–H groups in total. The van der Waals surface area contributed by atoms with Gasteiger partial charge in [-0.25, -0.2) is 13.6 Å². The minimum absolute atomic E-state index is 0.0722. The Bertz CT molecular complexity index is 529. The molecule has 0 heterocycles. The molecule has 1 aromatic carbocycles. The first-order valence-corrected chi connectivity index (χ1v) is 5.39. The summed E-state index contributed by atoms with van der Waals surface area (Å²) in [7, 11) is -3.87. The van der Waals surface area contributed by atoms with Crippen molar-refractivity contribution < 1.29 is 13.2 Å². The summed E-state index contributed by atoms with van der Waals surface area (Å²) in [6.07, 6.45) is 4.84. The van der Waals surface area contributed by atoms with Gasteiger partial charge in [0.2, 0.25) is 10.0 Å². The molecule has 0 saturated carbocycles. The Hall–Kier alpha value is -1.84. The van der Waals surface area contributed by atoms with Gasteiger partial charge < -0.3 is 5.32 Å². The highest BCUT2D eigenvalue weighted by Gasteiger charge is 2.13. The molecule has 1 aromatic rings. The van der Waals surface area contributed by atoms with E-state index in [1.165, 1.54) is 18.2 Å². The Morgan fingerprint density at radius 2 is 2.00 bits per heavy atom. The molecule has 0 fully saturated rings. The number of nitrogens with one attached hydrogen (secondary N) is 1. The molecule has 0 aliphatic carbocycles. The molecular formula is C9H8N2O3S. The molecule has 5 nitrogen and oxygen atoms in total. The van der Waals surface area contributed by atoms with E-state index < -0.39 is 15.9 Å². The van der Waals surface area contributed by atoms with Crippen molar-refractivity contribution >= 4 is 21.6 Å². The predicted octanol–water partition coefficient (Wildman–Crippen LogP) is -0.0943. The van der Waals surface area contributed by atoms with Crippen LogP contribution in [0.2, 0.25) is 0 Å². The fourth-order valence-corrected chi connectivity index (χ4v) is 1.67. The Balaban J connectivity index is 3.21. The number of anilines is 1. The number of sulfonamides is 1. The normalized spacial score (nSPS) is 10.4. The van der Waals surface area contributed by atoms with Crippen molar-refractivity contribution in [2.75, 3.05) is 5.32 Å². The zero-order valence-electron chi connectivity index (χ0n) is 7.60. The van der Waals surface area contributed by atoms with Gasteiger partial charge in [0.15, 0.2) is 0 Å². The quantitative estimate of drug-likeness (QED) is 0.688. The third-order valence-corrected chi connectivity index (χ3v) is 2.54. The fourth-order valence-electron chi connectivity index (χ4n) is 0.976. The molecule has 0 radical (unpaired) electrons. The smallest absolute Gasteiger partial charge is 0.300 e. The van der Waals surface area contributed by atoms with Crippen LogP contribution in [0.1, 0.15) is 0 Å². The van der Waals surface area contributed by atoms with Gasteiger partial charge in [-0.3, -0.25) is 4.79 Å². The Morgan fingerprint density at radius 3 is 2.53 bits per heavy atom. The van der Waals surface area contributed by atoms with Crippen molar-refractivity contribution in [1.82, 2.24) is 0 Å². The molecule has 0 aliphatic heterocycles. The summed E-state index contributed by atoms with van der Waals surface area (Å²) in [6.45, 7) is 0. The molecule has 0 aliphatic rings. The SMILES string of the molecule is C#CC(=O)Nc1ccccc1S(N)(=O)=O. The van der Waals surface area contributed by atoms with Crippen molar-refractivity contribution in [1.29, 1.82) is 0 Å². The largest absolute Gasteiger partial charge is 0.314 e. The third kappa shape index (κ3) is 2.80. The molecule has 1 rings (SSSR count). The number of primary sulfonamides is 1. The van der Waals surface area contributed by atoms with Gasteiger partial charge in [-0.2, -0.15) is 0 Å². The fraction of sp³-hybridized carbons (Fsp3) is 0. The minimum atomic E-state index is -3.87. The van der Waals surface area contributed by atoms with Crippen LogP contribution < -0.4 is 10.5 Å². The molecule has 15 heavy (non-hydrogen) atoms. The van der Waals surface area contributed by atoms with E-state index >= 15 is 0 Å². The van der Waals surface area contributed by atoms with E-state index in [1.807, 2.05) is 0 Å². The van der Waals surface area contributed by atoms with E-state index in [-0.39, 0.29) is 10.6 Å². The first-order chi connectivity index (χ1) is 6.95. The van der Waals surface area contributed by atoms with Gasteiger partial charge in [-0.1, -0.05) is 12.1 Å². The number of hydrogen-bond donors (Lipinski definition) is 2. The van der Waals surface area contributed by atoms with Crippen LogP contribution in [0.3, 0.4) is 0 Å². The monoisotopic (exact) mass is 224 g/mol. The van der Waals surface area contributed by atoms with Crippen molar-refractivity contribution in [3.05, 3.63) is 24.3 Å². The van der Waals surface area contributed by atoms with Gasteiger partial charge in [0, 0.05) is 0 Å². The molecule has 0 aromatic heterocycles. The number of rotatable bonds is 2. The maximum Gasteiger partial charge on any atom is 0.300 e. The van der Waals surface area contributed by atoms with Gasteiger partial charge in [0.05, 0.1) is 5.69 Å². The molecule has 0 saturated heterocycles. The van der Waals surface area contributed by atoms with Crippen LogP contribution in [0.4, 0.5) is 5.69 Å². The summed E-state index contributed by atoms with van der Waals surface area (Å²) in [5, 5.41) is 7.18. The molecule has 6 heteroatoms. The van der Waals surface area contributed by atoms with Crippen LogP contribution in [0, 0.1) is 12.3 Å². The summed E-state index contributed by atoms with van der Waals surface area (Å²) in [5.74, 6) is 1.08. The lowest BCUT2D eigenvalue weighted by atomic mass is 10.3. The van der Waals surface area contributed by atoms with E-state index in [2.05, 4.69) is 5.32 Å². The van der Waals surface area contributed by atoms with Crippen LogP contribution in [0.15, 0.2) is 29.2 Å². The average molecular weight is 224 g/mol. The number of amides is 1. The average Bonchev–Trinajstić information content (AvgIpc) is 2.17. The molecule has 0 spiro atoms. The second-order valence-electron chi connectivity index (χ2n) is 2.64. The summed E-state index contributed by atoms with van der Waals surface area (Å²) in [4.78, 5) is 10.7. The second-order valence-corrected chi connectivity index (χ2v) is 4.17. The van der Waals surface area contributed by atoms with Crippen LogP contribution in [0.25, 0.3) is 0 Å². The van der Waals surface area contributed by atoms with Crippen molar-refractivity contribution in [3.8, 4) is 12.3 Å². The number of hydrogen-bond acceptors (Lipinski definition) is 3. The highest BCUT2D eigenvalue weighted by Crippen LogP contribution is 2.18. The van der Waals surface area contributed by atoms with Crippen LogP contribution in [-0.2, 0) is 14.8 Å². The topological polar surface area (TPSA) is 89.3 Å². The minimum Gasteiger partial charge on any atom is -0.314 e. The van der Waals surface area contributed by atoms with Crippen LogP contribution in [0.5, 0.6) is 0 Å². The summed E-state index contributed by atoms with van der Waals surface area (Å²) in [6, 6.07) is 5.72. The van der Waals surface area contributed by atoms with E-state index in [0.717, 1.165) is 0 Å². The van der Waals surface area contributed by atoms with E-state index in [0.29, 0.717) is 0 Å². The number of terminal acetylenes is 1. The summed E-state index contributed by atoms with van der Waals surface area (Å²) >= 11 is 0. The maximum atomic E-state index is 11.1. The first kappa shape index (κ1) is 11.2. The van der Waals surface area contributed by atoms with Crippen molar-refractivity contribution in [3.63, 3.8) is 0 Å². The Labute approximate surface area is 87.3 Å². The molecular weight excluding hydrogens is 216 g/mol.